The Labute approximate surface area is 197 Å². The monoisotopic (exact) mass is 479 g/mol. The maximum absolute atomic E-state index is 13.1. The predicted octanol–water partition coefficient (Wildman–Crippen LogP) is 4.04. The number of hydrogen-bond acceptors (Lipinski definition) is 9. The molecule has 1 aliphatic rings. The van der Waals surface area contributed by atoms with Crippen molar-refractivity contribution in [3.63, 3.8) is 0 Å². The van der Waals surface area contributed by atoms with Crippen LogP contribution in [0.2, 0.25) is 0 Å². The lowest BCUT2D eigenvalue weighted by molar-refractivity contribution is -0.128. The van der Waals surface area contributed by atoms with Crippen LogP contribution in [-0.2, 0) is 4.79 Å². The van der Waals surface area contributed by atoms with Gasteiger partial charge in [0.1, 0.15) is 11.9 Å². The fourth-order valence-electron chi connectivity index (χ4n) is 3.55. The number of aromatic nitrogens is 2. The molecule has 172 valence electrons. The Morgan fingerprint density at radius 2 is 1.91 bits per heavy atom. The molecule has 4 aromatic rings. The van der Waals surface area contributed by atoms with Gasteiger partial charge in [0.05, 0.1) is 18.2 Å². The number of furan rings is 1. The number of thioether (sulfide) groups is 1. The topological polar surface area (TPSA) is 113 Å². The van der Waals surface area contributed by atoms with E-state index in [1.807, 2.05) is 4.90 Å². The lowest BCUT2D eigenvalue weighted by Crippen LogP contribution is -2.49. The molecule has 11 heteroatoms. The van der Waals surface area contributed by atoms with Gasteiger partial charge in [-0.2, -0.15) is 10.2 Å². The number of nitriles is 1. The van der Waals surface area contributed by atoms with E-state index in [2.05, 4.69) is 16.0 Å². The van der Waals surface area contributed by atoms with Gasteiger partial charge in [-0.05, 0) is 36.4 Å². The average Bonchev–Trinajstić information content (AvgIpc) is 3.63. The summed E-state index contributed by atoms with van der Waals surface area (Å²) in [4.78, 5) is 24.7. The van der Waals surface area contributed by atoms with Crippen LogP contribution in [0.1, 0.15) is 5.69 Å². The van der Waals surface area contributed by atoms with Crippen LogP contribution in [-0.4, -0.2) is 52.7 Å². The van der Waals surface area contributed by atoms with Crippen molar-refractivity contribution in [3.8, 4) is 29.0 Å². The number of oxazole rings is 2. The highest BCUT2D eigenvalue weighted by Crippen LogP contribution is 2.29. The van der Waals surface area contributed by atoms with Crippen molar-refractivity contribution >= 4 is 23.6 Å². The minimum Gasteiger partial charge on any atom is -0.459 e. The molecular weight excluding hydrogens is 461 g/mol. The van der Waals surface area contributed by atoms with Gasteiger partial charge in [-0.25, -0.2) is 9.37 Å². The van der Waals surface area contributed by atoms with Gasteiger partial charge in [-0.15, -0.1) is 0 Å². The largest absolute Gasteiger partial charge is 0.459 e. The first-order valence-electron chi connectivity index (χ1n) is 10.4. The summed E-state index contributed by atoms with van der Waals surface area (Å²) in [6, 6.07) is 11.4. The second-order valence-corrected chi connectivity index (χ2v) is 8.34. The van der Waals surface area contributed by atoms with Gasteiger partial charge >= 0.3 is 0 Å². The van der Waals surface area contributed by atoms with Crippen molar-refractivity contribution in [1.29, 1.82) is 5.26 Å². The van der Waals surface area contributed by atoms with Gasteiger partial charge in [0.15, 0.2) is 11.5 Å². The molecule has 1 fully saturated rings. The molecule has 9 nitrogen and oxygen atoms in total. The number of anilines is 1. The average molecular weight is 479 g/mol. The Hall–Kier alpha value is -4.04. The second kappa shape index (κ2) is 9.44. The van der Waals surface area contributed by atoms with E-state index < -0.39 is 0 Å². The van der Waals surface area contributed by atoms with E-state index in [0.29, 0.717) is 54.4 Å². The third kappa shape index (κ3) is 4.53. The number of carbonyl (C=O) groups is 1. The highest BCUT2D eigenvalue weighted by Gasteiger charge is 2.27. The smallest absolute Gasteiger partial charge is 0.266 e. The number of hydrogen-bond donors (Lipinski definition) is 0. The van der Waals surface area contributed by atoms with Crippen molar-refractivity contribution in [2.75, 3.05) is 36.8 Å². The summed E-state index contributed by atoms with van der Waals surface area (Å²) in [5.74, 6) is 1.40. The van der Waals surface area contributed by atoms with Crippen LogP contribution < -0.4 is 4.90 Å². The Morgan fingerprint density at radius 1 is 1.12 bits per heavy atom. The van der Waals surface area contributed by atoms with Gasteiger partial charge in [0.25, 0.3) is 11.1 Å². The number of carbonyl (C=O) groups excluding carboxylic acids is 1. The van der Waals surface area contributed by atoms with Crippen LogP contribution in [0.3, 0.4) is 0 Å². The molecule has 34 heavy (non-hydrogen) atoms. The molecule has 3 aromatic heterocycles. The molecule has 0 unspecified atom stereocenters. The lowest BCUT2D eigenvalue weighted by atomic mass is 10.2. The number of rotatable bonds is 6. The lowest BCUT2D eigenvalue weighted by Gasteiger charge is -2.34. The molecular formula is C23H18FN5O4S. The molecule has 0 radical (unpaired) electrons. The van der Waals surface area contributed by atoms with Gasteiger partial charge < -0.3 is 23.1 Å². The Morgan fingerprint density at radius 3 is 2.62 bits per heavy atom. The van der Waals surface area contributed by atoms with Crippen molar-refractivity contribution in [3.05, 3.63) is 60.4 Å². The summed E-state index contributed by atoms with van der Waals surface area (Å²) in [6.45, 7) is 1.97. The summed E-state index contributed by atoms with van der Waals surface area (Å²) in [5, 5.41) is 9.81. The molecule has 1 amide bonds. The predicted molar refractivity (Wildman–Crippen MR) is 120 cm³/mol. The summed E-state index contributed by atoms with van der Waals surface area (Å²) in [5.41, 5.74) is 0.894. The van der Waals surface area contributed by atoms with E-state index in [1.54, 1.807) is 35.4 Å². The molecule has 0 bridgehead atoms. The van der Waals surface area contributed by atoms with Crippen molar-refractivity contribution in [1.82, 2.24) is 14.9 Å². The van der Waals surface area contributed by atoms with Crippen molar-refractivity contribution < 1.29 is 22.4 Å². The third-order valence-corrected chi connectivity index (χ3v) is 6.13. The van der Waals surface area contributed by atoms with Gasteiger partial charge in [-0.1, -0.05) is 11.8 Å². The van der Waals surface area contributed by atoms with Crippen LogP contribution in [0.5, 0.6) is 0 Å². The van der Waals surface area contributed by atoms with Crippen LogP contribution >= 0.6 is 11.8 Å². The minimum atomic E-state index is -0.325. The first kappa shape index (κ1) is 21.8. The standard InChI is InChI=1S/C23H18FN5O4S/c24-16-5-3-15(4-6-16)19-13-26-23(32-19)34-14-20(30)28-7-9-29(10-8-28)22-17(12-25)27-21(33-22)18-2-1-11-31-18/h1-6,11,13H,7-10,14H2. The maximum atomic E-state index is 13.1. The molecule has 1 aromatic carbocycles. The molecule has 0 N–H and O–H groups in total. The van der Waals surface area contributed by atoms with Crippen LogP contribution in [0.25, 0.3) is 23.0 Å². The quantitative estimate of drug-likeness (QED) is 0.378. The molecule has 0 spiro atoms. The number of amides is 1. The fourth-order valence-corrected chi connectivity index (χ4v) is 4.26. The van der Waals surface area contributed by atoms with Crippen molar-refractivity contribution in [2.45, 2.75) is 5.22 Å². The summed E-state index contributed by atoms with van der Waals surface area (Å²) >= 11 is 1.21. The summed E-state index contributed by atoms with van der Waals surface area (Å²) in [6.07, 6.45) is 3.06. The van der Waals surface area contributed by atoms with Crippen LogP contribution in [0.4, 0.5) is 10.3 Å². The zero-order chi connectivity index (χ0) is 23.5. The molecule has 0 aliphatic carbocycles. The minimum absolute atomic E-state index is 0.0412. The maximum Gasteiger partial charge on any atom is 0.266 e. The van der Waals surface area contributed by atoms with E-state index in [0.717, 1.165) is 0 Å². The second-order valence-electron chi connectivity index (χ2n) is 7.42. The third-order valence-electron chi connectivity index (χ3n) is 5.30. The first-order valence-corrected chi connectivity index (χ1v) is 11.4. The number of piperazine rings is 1. The molecule has 0 atom stereocenters. The van der Waals surface area contributed by atoms with E-state index >= 15 is 0 Å². The van der Waals surface area contributed by atoms with E-state index in [9.17, 15) is 14.4 Å². The summed E-state index contributed by atoms with van der Waals surface area (Å²) in [7, 11) is 0. The van der Waals surface area contributed by atoms with E-state index in [4.69, 9.17) is 13.3 Å². The Kier molecular flexibility index (Phi) is 6.05. The molecule has 1 aliphatic heterocycles. The van der Waals surface area contributed by atoms with Crippen LogP contribution in [0.15, 0.2) is 67.3 Å². The van der Waals surface area contributed by atoms with E-state index in [-0.39, 0.29) is 29.1 Å². The number of halogens is 1. The SMILES string of the molecule is N#Cc1nc(-c2ccco2)oc1N1CCN(C(=O)CSc2ncc(-c3ccc(F)cc3)o2)CC1. The Balaban J connectivity index is 1.16. The normalized spacial score (nSPS) is 13.8. The Bertz CT molecular complexity index is 1320. The van der Waals surface area contributed by atoms with Crippen molar-refractivity contribution in [2.24, 2.45) is 0 Å². The van der Waals surface area contributed by atoms with Gasteiger partial charge in [0.2, 0.25) is 17.5 Å². The highest BCUT2D eigenvalue weighted by molar-refractivity contribution is 7.99. The molecule has 1 saturated heterocycles. The number of nitrogens with zero attached hydrogens (tertiary/aromatic N) is 5. The van der Waals surface area contributed by atoms with E-state index in [1.165, 1.54) is 30.2 Å². The zero-order valence-corrected chi connectivity index (χ0v) is 18.6. The first-order chi connectivity index (χ1) is 16.6. The molecule has 4 heterocycles. The van der Waals surface area contributed by atoms with Gasteiger partial charge in [0, 0.05) is 31.7 Å². The molecule has 5 rings (SSSR count). The summed E-state index contributed by atoms with van der Waals surface area (Å²) < 4.78 is 29.8. The molecule has 0 saturated carbocycles. The van der Waals surface area contributed by atoms with Crippen LogP contribution in [0, 0.1) is 17.1 Å². The highest BCUT2D eigenvalue weighted by atomic mass is 32.2. The number of benzene rings is 1. The van der Waals surface area contributed by atoms with Gasteiger partial charge in [-0.3, -0.25) is 4.79 Å². The zero-order valence-electron chi connectivity index (χ0n) is 17.8. The fraction of sp³-hybridized carbons (Fsp3) is 0.217.